The Labute approximate surface area is 86.5 Å². The Morgan fingerprint density at radius 3 is 3.21 bits per heavy atom. The van der Waals surface area contributed by atoms with E-state index in [1.807, 2.05) is 0 Å². The summed E-state index contributed by atoms with van der Waals surface area (Å²) in [6, 6.07) is 0. The Morgan fingerprint density at radius 1 is 1.43 bits per heavy atom. The van der Waals surface area contributed by atoms with Crippen LogP contribution >= 0.6 is 0 Å². The summed E-state index contributed by atoms with van der Waals surface area (Å²) in [7, 11) is 0. The highest BCUT2D eigenvalue weighted by Gasteiger charge is 2.20. The van der Waals surface area contributed by atoms with E-state index in [0.717, 1.165) is 5.92 Å². The van der Waals surface area contributed by atoms with E-state index in [9.17, 15) is 0 Å². The minimum atomic E-state index is 0.630. The van der Waals surface area contributed by atoms with E-state index in [4.69, 9.17) is 0 Å². The van der Waals surface area contributed by atoms with Gasteiger partial charge in [0.2, 0.25) is 0 Å². The molecule has 1 N–H and O–H groups in total. The summed E-state index contributed by atoms with van der Waals surface area (Å²) in [5, 5.41) is 4.13. The first kappa shape index (κ1) is 9.75. The summed E-state index contributed by atoms with van der Waals surface area (Å²) >= 11 is 0. The Morgan fingerprint density at radius 2 is 2.36 bits per heavy atom. The van der Waals surface area contributed by atoms with Crippen LogP contribution in [0.2, 0.25) is 0 Å². The van der Waals surface area contributed by atoms with Crippen LogP contribution in [0.15, 0.2) is 16.9 Å². The second-order valence-corrected chi connectivity index (χ2v) is 4.48. The van der Waals surface area contributed by atoms with Gasteiger partial charge < -0.3 is 0 Å². The van der Waals surface area contributed by atoms with Crippen molar-refractivity contribution in [3.63, 3.8) is 0 Å². The molecule has 2 nitrogen and oxygen atoms in total. The summed E-state index contributed by atoms with van der Waals surface area (Å²) in [6.07, 6.45) is 12.3. The van der Waals surface area contributed by atoms with Gasteiger partial charge in [-0.1, -0.05) is 19.8 Å². The number of rotatable bonds is 1. The lowest BCUT2D eigenvalue weighted by molar-refractivity contribution is 0.377. The molecule has 1 saturated carbocycles. The highest BCUT2D eigenvalue weighted by Crippen LogP contribution is 2.31. The third-order valence-corrected chi connectivity index (χ3v) is 3.60. The Balaban J connectivity index is 1.98. The molecule has 0 amide bonds. The minimum absolute atomic E-state index is 0.630. The number of nitrogens with zero attached hydrogens (tertiary/aromatic N) is 1. The average Bonchev–Trinajstić information content (AvgIpc) is 2.19. The molecule has 1 heterocycles. The van der Waals surface area contributed by atoms with E-state index in [1.165, 1.54) is 38.5 Å². The second-order valence-electron chi connectivity index (χ2n) is 4.48. The first-order chi connectivity index (χ1) is 6.90. The fraction of sp³-hybridized carbons (Fsp3) is 0.750. The van der Waals surface area contributed by atoms with Gasteiger partial charge in [0.05, 0.1) is 0 Å². The molecule has 14 heavy (non-hydrogen) atoms. The number of allylic oxidation sites excluding steroid dienone is 1. The van der Waals surface area contributed by atoms with Crippen LogP contribution in [0.4, 0.5) is 0 Å². The van der Waals surface area contributed by atoms with Crippen LogP contribution in [0.5, 0.6) is 0 Å². The van der Waals surface area contributed by atoms with Gasteiger partial charge in [-0.05, 0) is 37.2 Å². The number of hydrogen-bond acceptors (Lipinski definition) is 2. The highest BCUT2D eigenvalue weighted by molar-refractivity contribution is 5.66. The number of hydrogen-bond donors (Lipinski definition) is 1. The lowest BCUT2D eigenvalue weighted by Crippen LogP contribution is -2.19. The lowest BCUT2D eigenvalue weighted by atomic mass is 9.82. The summed E-state index contributed by atoms with van der Waals surface area (Å²) < 4.78 is 0. The van der Waals surface area contributed by atoms with Gasteiger partial charge in [0.25, 0.3) is 0 Å². The van der Waals surface area contributed by atoms with Gasteiger partial charge in [0, 0.05) is 18.3 Å². The van der Waals surface area contributed by atoms with Gasteiger partial charge >= 0.3 is 0 Å². The predicted molar refractivity (Wildman–Crippen MR) is 60.1 cm³/mol. The summed E-state index contributed by atoms with van der Waals surface area (Å²) in [6.45, 7) is 2.32. The normalized spacial score (nSPS) is 32.2. The van der Waals surface area contributed by atoms with Crippen LogP contribution in [-0.2, 0) is 0 Å². The number of fused-ring (bicyclic) bond motifs is 1. The average molecular weight is 192 g/mol. The monoisotopic (exact) mass is 192 g/mol. The molecule has 2 atom stereocenters. The molecule has 2 aliphatic rings. The quantitative estimate of drug-likeness (QED) is 0.678. The number of nitrogens with one attached hydrogen (secondary N) is 1. The van der Waals surface area contributed by atoms with Gasteiger partial charge in [0.1, 0.15) is 0 Å². The molecule has 1 aliphatic carbocycles. The minimum Gasteiger partial charge on any atom is -0.286 e. The molecule has 0 bridgehead atoms. The second kappa shape index (κ2) is 4.63. The van der Waals surface area contributed by atoms with E-state index < -0.39 is 0 Å². The molecule has 0 aromatic carbocycles. The van der Waals surface area contributed by atoms with Crippen molar-refractivity contribution in [1.29, 1.82) is 0 Å². The molecule has 1 aliphatic heterocycles. The summed E-state index contributed by atoms with van der Waals surface area (Å²) in [4.78, 5) is 0. The van der Waals surface area contributed by atoms with Crippen LogP contribution in [0.25, 0.3) is 0 Å². The van der Waals surface area contributed by atoms with Crippen molar-refractivity contribution in [2.45, 2.75) is 45.4 Å². The third-order valence-electron chi connectivity index (χ3n) is 3.60. The van der Waals surface area contributed by atoms with Crippen molar-refractivity contribution in [3.8, 4) is 0 Å². The van der Waals surface area contributed by atoms with Gasteiger partial charge in [-0.15, -0.1) is 0 Å². The Hall–Kier alpha value is -0.790. The van der Waals surface area contributed by atoms with Crippen molar-refractivity contribution in [1.82, 2.24) is 5.43 Å². The molecule has 0 aromatic rings. The molecule has 0 saturated heterocycles. The van der Waals surface area contributed by atoms with Crippen LogP contribution in [0.3, 0.4) is 0 Å². The maximum absolute atomic E-state index is 4.13. The summed E-state index contributed by atoms with van der Waals surface area (Å²) in [5.74, 6) is 1.59. The van der Waals surface area contributed by atoms with Crippen molar-refractivity contribution in [3.05, 3.63) is 11.8 Å². The molecular formula is C12H20N2. The van der Waals surface area contributed by atoms with Crippen molar-refractivity contribution in [2.24, 2.45) is 16.9 Å². The maximum atomic E-state index is 4.13. The topological polar surface area (TPSA) is 24.4 Å². The van der Waals surface area contributed by atoms with E-state index >= 15 is 0 Å². The van der Waals surface area contributed by atoms with Crippen LogP contribution in [-0.4, -0.2) is 6.21 Å². The highest BCUT2D eigenvalue weighted by atomic mass is 15.3. The summed E-state index contributed by atoms with van der Waals surface area (Å²) in [5.41, 5.74) is 4.53. The molecular weight excluding hydrogens is 172 g/mol. The van der Waals surface area contributed by atoms with Crippen LogP contribution in [0.1, 0.15) is 45.4 Å². The molecule has 0 spiro atoms. The largest absolute Gasteiger partial charge is 0.286 e. The van der Waals surface area contributed by atoms with E-state index in [2.05, 4.69) is 29.9 Å². The fourth-order valence-corrected chi connectivity index (χ4v) is 2.54. The van der Waals surface area contributed by atoms with E-state index in [1.54, 1.807) is 5.57 Å². The zero-order valence-corrected chi connectivity index (χ0v) is 9.00. The van der Waals surface area contributed by atoms with Gasteiger partial charge in [-0.25, -0.2) is 0 Å². The maximum Gasteiger partial charge on any atom is 0.0318 e. The van der Waals surface area contributed by atoms with E-state index in [-0.39, 0.29) is 0 Å². The van der Waals surface area contributed by atoms with Crippen molar-refractivity contribution in [2.75, 3.05) is 0 Å². The predicted octanol–water partition coefficient (Wildman–Crippen LogP) is 3.07. The van der Waals surface area contributed by atoms with Crippen LogP contribution in [0, 0.1) is 11.8 Å². The first-order valence-electron chi connectivity index (χ1n) is 5.87. The van der Waals surface area contributed by atoms with Gasteiger partial charge in [-0.2, -0.15) is 5.10 Å². The first-order valence-corrected chi connectivity index (χ1v) is 5.87. The fourth-order valence-electron chi connectivity index (χ4n) is 2.54. The van der Waals surface area contributed by atoms with Crippen LogP contribution < -0.4 is 5.43 Å². The molecule has 2 unspecified atom stereocenters. The van der Waals surface area contributed by atoms with E-state index in [0.29, 0.717) is 5.92 Å². The molecule has 0 aromatic heterocycles. The zero-order valence-electron chi connectivity index (χ0n) is 9.00. The molecule has 78 valence electrons. The molecule has 2 rings (SSSR count). The van der Waals surface area contributed by atoms with Gasteiger partial charge in [0.15, 0.2) is 0 Å². The molecule has 0 radical (unpaired) electrons. The van der Waals surface area contributed by atoms with Gasteiger partial charge in [-0.3, -0.25) is 5.43 Å². The molecule has 2 heteroatoms. The smallest absolute Gasteiger partial charge is 0.0318 e. The third kappa shape index (κ3) is 2.17. The zero-order chi connectivity index (χ0) is 9.80. The Bertz CT molecular complexity index is 243. The standard InChI is InChI=1S/C12H20N2/c1-2-10-4-3-5-11-8-13-14-9-12(11)7-6-10/h8-10,12-13H,2-7H2,1H3. The lowest BCUT2D eigenvalue weighted by Gasteiger charge is -2.26. The van der Waals surface area contributed by atoms with Crippen molar-refractivity contribution >= 4 is 6.21 Å². The number of hydrazone groups is 1. The Kier molecular flexibility index (Phi) is 3.22. The van der Waals surface area contributed by atoms with Crippen molar-refractivity contribution < 1.29 is 0 Å². The molecule has 1 fully saturated rings. The SMILES string of the molecule is CCC1CCCC2=CNN=CC2CC1.